The normalized spacial score (nSPS) is 16.7. The molecule has 2 aliphatic heterocycles. The number of nitrogens with zero attached hydrogens (tertiary/aromatic N) is 4. The number of hydrogen-bond donors (Lipinski definition) is 1. The molecule has 7 nitrogen and oxygen atoms in total. The van der Waals surface area contributed by atoms with Gasteiger partial charge in [-0.2, -0.15) is 5.26 Å². The lowest BCUT2D eigenvalue weighted by atomic mass is 9.96. The molecule has 0 radical (unpaired) electrons. The molecule has 2 aliphatic rings. The van der Waals surface area contributed by atoms with Crippen LogP contribution in [0.5, 0.6) is 0 Å². The summed E-state index contributed by atoms with van der Waals surface area (Å²) in [5.74, 6) is -0.696. The highest BCUT2D eigenvalue weighted by molar-refractivity contribution is 6.21. The number of nitriles is 1. The van der Waals surface area contributed by atoms with Crippen LogP contribution in [0.15, 0.2) is 72.0 Å². The number of rotatable bonds is 3. The third-order valence-electron chi connectivity index (χ3n) is 5.46. The van der Waals surface area contributed by atoms with Crippen molar-refractivity contribution >= 4 is 23.2 Å². The fourth-order valence-electron chi connectivity index (χ4n) is 4.05. The van der Waals surface area contributed by atoms with Crippen LogP contribution in [0.3, 0.4) is 0 Å². The van der Waals surface area contributed by atoms with Crippen LogP contribution in [-0.2, 0) is 11.2 Å². The number of benzene rings is 2. The Hall–Kier alpha value is -4.31. The third-order valence-corrected chi connectivity index (χ3v) is 5.46. The molecule has 0 bridgehead atoms. The molecule has 2 aromatic carbocycles. The van der Waals surface area contributed by atoms with Crippen molar-refractivity contribution in [2.45, 2.75) is 12.6 Å². The Bertz CT molecular complexity index is 1260. The quantitative estimate of drug-likeness (QED) is 0.721. The SMILES string of the molecule is N#Cc1cc2c3c(c1)C(c1ccccc1)=NC(NC(=O)c1ccncc1)C(=O)N3CC2. The van der Waals surface area contributed by atoms with Gasteiger partial charge in [-0.3, -0.25) is 14.6 Å². The highest BCUT2D eigenvalue weighted by Gasteiger charge is 2.37. The number of carbonyl (C=O) groups excluding carboxylic acids is 2. The molecule has 7 heteroatoms. The molecule has 0 saturated carbocycles. The first-order chi connectivity index (χ1) is 15.2. The van der Waals surface area contributed by atoms with Gasteiger partial charge in [0.15, 0.2) is 0 Å². The zero-order valence-corrected chi connectivity index (χ0v) is 16.4. The van der Waals surface area contributed by atoms with Crippen molar-refractivity contribution < 1.29 is 9.59 Å². The van der Waals surface area contributed by atoms with Crippen molar-refractivity contribution in [2.24, 2.45) is 4.99 Å². The molecule has 0 fully saturated rings. The molecule has 3 aromatic rings. The standard InChI is InChI=1S/C24H17N5O2/c25-14-15-12-18-8-11-29-21(18)19(13-15)20(16-4-2-1-3-5-16)27-22(24(29)31)28-23(30)17-6-9-26-10-7-17/h1-7,9-10,12-13,22H,8,11H2,(H,28,30). The van der Waals surface area contributed by atoms with Gasteiger partial charge < -0.3 is 10.2 Å². The Kier molecular flexibility index (Phi) is 4.53. The Morgan fingerprint density at radius 2 is 1.90 bits per heavy atom. The van der Waals surface area contributed by atoms with E-state index in [9.17, 15) is 14.9 Å². The summed E-state index contributed by atoms with van der Waals surface area (Å²) >= 11 is 0. The summed E-state index contributed by atoms with van der Waals surface area (Å²) in [6.45, 7) is 0.481. The average Bonchev–Trinajstić information content (AvgIpc) is 3.21. The topological polar surface area (TPSA) is 98.5 Å². The predicted octanol–water partition coefficient (Wildman–Crippen LogP) is 2.45. The second-order valence-corrected chi connectivity index (χ2v) is 7.34. The van der Waals surface area contributed by atoms with Gasteiger partial charge in [0.25, 0.3) is 11.8 Å². The van der Waals surface area contributed by atoms with E-state index in [1.54, 1.807) is 23.1 Å². The molecule has 0 spiro atoms. The minimum atomic E-state index is -1.08. The maximum Gasteiger partial charge on any atom is 0.272 e. The van der Waals surface area contributed by atoms with Crippen LogP contribution in [0.4, 0.5) is 5.69 Å². The first-order valence-corrected chi connectivity index (χ1v) is 9.88. The fourth-order valence-corrected chi connectivity index (χ4v) is 4.05. The molecule has 3 heterocycles. The molecule has 2 amide bonds. The first kappa shape index (κ1) is 18.7. The number of nitrogens with one attached hydrogen (secondary N) is 1. The number of carbonyl (C=O) groups is 2. The lowest BCUT2D eigenvalue weighted by molar-refractivity contribution is -0.120. The summed E-state index contributed by atoms with van der Waals surface area (Å²) in [6, 6.07) is 18.5. The van der Waals surface area contributed by atoms with E-state index in [1.165, 1.54) is 12.4 Å². The van der Waals surface area contributed by atoms with E-state index in [-0.39, 0.29) is 5.91 Å². The molecular weight excluding hydrogens is 390 g/mol. The number of pyridine rings is 1. The van der Waals surface area contributed by atoms with Gasteiger partial charge in [-0.15, -0.1) is 0 Å². The Balaban J connectivity index is 1.66. The number of amides is 2. The van der Waals surface area contributed by atoms with Crippen LogP contribution in [0, 0.1) is 11.3 Å². The van der Waals surface area contributed by atoms with Gasteiger partial charge in [-0.05, 0) is 36.2 Å². The fraction of sp³-hybridized carbons (Fsp3) is 0.125. The molecular formula is C24H17N5O2. The molecule has 5 rings (SSSR count). The van der Waals surface area contributed by atoms with Crippen LogP contribution in [0.25, 0.3) is 0 Å². The minimum Gasteiger partial charge on any atom is -0.322 e. The number of anilines is 1. The Labute approximate surface area is 178 Å². The molecule has 0 saturated heterocycles. The second-order valence-electron chi connectivity index (χ2n) is 7.34. The van der Waals surface area contributed by atoms with E-state index in [2.05, 4.69) is 16.4 Å². The summed E-state index contributed by atoms with van der Waals surface area (Å²) in [4.78, 5) is 36.5. The summed E-state index contributed by atoms with van der Waals surface area (Å²) in [6.07, 6.45) is 2.61. The lowest BCUT2D eigenvalue weighted by Crippen LogP contribution is -2.46. The summed E-state index contributed by atoms with van der Waals surface area (Å²) in [5.41, 5.74) is 4.74. The van der Waals surface area contributed by atoms with Crippen LogP contribution in [0.2, 0.25) is 0 Å². The third kappa shape index (κ3) is 3.24. The predicted molar refractivity (Wildman–Crippen MR) is 115 cm³/mol. The van der Waals surface area contributed by atoms with Gasteiger partial charge in [0, 0.05) is 35.6 Å². The van der Waals surface area contributed by atoms with E-state index in [0.29, 0.717) is 29.8 Å². The van der Waals surface area contributed by atoms with E-state index >= 15 is 0 Å². The van der Waals surface area contributed by atoms with Crippen LogP contribution in [0.1, 0.15) is 32.6 Å². The van der Waals surface area contributed by atoms with Crippen molar-refractivity contribution in [3.05, 3.63) is 94.8 Å². The molecule has 31 heavy (non-hydrogen) atoms. The van der Waals surface area contributed by atoms with Crippen molar-refractivity contribution in [3.8, 4) is 6.07 Å². The van der Waals surface area contributed by atoms with Gasteiger partial charge in [0.1, 0.15) is 0 Å². The zero-order valence-electron chi connectivity index (χ0n) is 16.4. The molecule has 1 N–H and O–H groups in total. The van der Waals surface area contributed by atoms with E-state index < -0.39 is 12.1 Å². The number of hydrogen-bond acceptors (Lipinski definition) is 5. The van der Waals surface area contributed by atoms with E-state index in [1.807, 2.05) is 36.4 Å². The molecule has 150 valence electrons. The number of aliphatic imine (C=N–C) groups is 1. The highest BCUT2D eigenvalue weighted by atomic mass is 16.2. The average molecular weight is 407 g/mol. The second kappa shape index (κ2) is 7.50. The Morgan fingerprint density at radius 3 is 2.65 bits per heavy atom. The lowest BCUT2D eigenvalue weighted by Gasteiger charge is -2.21. The van der Waals surface area contributed by atoms with Crippen LogP contribution >= 0.6 is 0 Å². The maximum atomic E-state index is 13.4. The van der Waals surface area contributed by atoms with Gasteiger partial charge in [-0.25, -0.2) is 4.99 Å². The van der Waals surface area contributed by atoms with Crippen molar-refractivity contribution in [1.82, 2.24) is 10.3 Å². The molecule has 1 aromatic heterocycles. The van der Waals surface area contributed by atoms with Gasteiger partial charge in [0.2, 0.25) is 6.17 Å². The Morgan fingerprint density at radius 1 is 1.13 bits per heavy atom. The summed E-state index contributed by atoms with van der Waals surface area (Å²) in [5, 5.41) is 12.3. The van der Waals surface area contributed by atoms with Crippen molar-refractivity contribution in [2.75, 3.05) is 11.4 Å². The van der Waals surface area contributed by atoms with Gasteiger partial charge in [-0.1, -0.05) is 30.3 Å². The molecule has 1 atom stereocenters. The van der Waals surface area contributed by atoms with Crippen LogP contribution < -0.4 is 10.2 Å². The van der Waals surface area contributed by atoms with Crippen molar-refractivity contribution in [1.29, 1.82) is 5.26 Å². The smallest absolute Gasteiger partial charge is 0.272 e. The van der Waals surface area contributed by atoms with Gasteiger partial charge >= 0.3 is 0 Å². The highest BCUT2D eigenvalue weighted by Crippen LogP contribution is 2.37. The van der Waals surface area contributed by atoms with Crippen LogP contribution in [-0.4, -0.2) is 35.2 Å². The van der Waals surface area contributed by atoms with Gasteiger partial charge in [0.05, 0.1) is 23.0 Å². The van der Waals surface area contributed by atoms with E-state index in [4.69, 9.17) is 4.99 Å². The first-order valence-electron chi connectivity index (χ1n) is 9.88. The largest absolute Gasteiger partial charge is 0.322 e. The number of aromatic nitrogens is 1. The van der Waals surface area contributed by atoms with Crippen molar-refractivity contribution in [3.63, 3.8) is 0 Å². The summed E-state index contributed by atoms with van der Waals surface area (Å²) in [7, 11) is 0. The molecule has 1 unspecified atom stereocenters. The molecule has 0 aliphatic carbocycles. The maximum absolute atomic E-state index is 13.4. The summed E-state index contributed by atoms with van der Waals surface area (Å²) < 4.78 is 0. The van der Waals surface area contributed by atoms with E-state index in [0.717, 1.165) is 22.4 Å². The zero-order chi connectivity index (χ0) is 21.4. The minimum absolute atomic E-state index is 0.293. The monoisotopic (exact) mass is 407 g/mol.